The maximum Gasteiger partial charge on any atom is 0.326 e. The molecule has 0 atom stereocenters. The molecule has 1 heterocycles. The first-order valence-electron chi connectivity index (χ1n) is 9.49. The van der Waals surface area contributed by atoms with E-state index in [0.29, 0.717) is 17.3 Å². The summed E-state index contributed by atoms with van der Waals surface area (Å²) >= 11 is 0. The van der Waals surface area contributed by atoms with Gasteiger partial charge in [-0.1, -0.05) is 0 Å². The summed E-state index contributed by atoms with van der Waals surface area (Å²) in [6.07, 6.45) is 1.03. The molecule has 1 saturated heterocycles. The highest BCUT2D eigenvalue weighted by molar-refractivity contribution is 7.97. The first-order valence-corrected chi connectivity index (χ1v) is 13.6. The van der Waals surface area contributed by atoms with Crippen LogP contribution in [-0.2, 0) is 30.9 Å². The lowest BCUT2D eigenvalue weighted by Gasteiger charge is -2.46. The van der Waals surface area contributed by atoms with E-state index < -0.39 is 37.0 Å². The Labute approximate surface area is 190 Å². The van der Waals surface area contributed by atoms with E-state index in [1.807, 2.05) is 32.4 Å². The second-order valence-corrected chi connectivity index (χ2v) is 13.1. The Morgan fingerprint density at radius 1 is 1.06 bits per heavy atom. The van der Waals surface area contributed by atoms with Crippen molar-refractivity contribution >= 4 is 42.3 Å². The molecule has 0 aromatic heterocycles. The zero-order chi connectivity index (χ0) is 24.5. The van der Waals surface area contributed by atoms with Crippen molar-refractivity contribution in [2.75, 3.05) is 17.2 Å². The lowest BCUT2D eigenvalue weighted by molar-refractivity contribution is 0.157. The van der Waals surface area contributed by atoms with E-state index in [1.54, 1.807) is 0 Å². The number of nitriles is 1. The quantitative estimate of drug-likeness (QED) is 0.143. The van der Waals surface area contributed by atoms with Crippen molar-refractivity contribution in [2.45, 2.75) is 62.6 Å². The molecule has 1 aliphatic rings. The lowest BCUT2D eigenvalue weighted by atomic mass is 9.80. The first-order chi connectivity index (χ1) is 14.4. The normalized spacial score (nSPS) is 18.9. The van der Waals surface area contributed by atoms with Crippen molar-refractivity contribution in [1.82, 2.24) is 14.5 Å². The van der Waals surface area contributed by atoms with Crippen LogP contribution in [0.5, 0.6) is 0 Å². The van der Waals surface area contributed by atoms with Gasteiger partial charge >= 0.3 is 10.0 Å². The Bertz CT molecular complexity index is 1180. The SMILES string of the molecule is CN(Nc1cc(NS(=O)(=O)C#N)cc(S(=O)(=O)NC2CC(C)(C)NC(C)(C)C2)c1)[SH](=O)=O. The van der Waals surface area contributed by atoms with Crippen molar-refractivity contribution < 1.29 is 25.3 Å². The predicted octanol–water partition coefficient (Wildman–Crippen LogP) is 0.282. The van der Waals surface area contributed by atoms with Crippen LogP contribution in [0.2, 0.25) is 0 Å². The third kappa shape index (κ3) is 7.29. The number of hydrogen-bond donors (Lipinski definition) is 5. The maximum absolute atomic E-state index is 13.1. The molecular formula is C17H28N6O6S3. The predicted molar refractivity (Wildman–Crippen MR) is 121 cm³/mol. The van der Waals surface area contributed by atoms with Crippen LogP contribution in [0.25, 0.3) is 0 Å². The summed E-state index contributed by atoms with van der Waals surface area (Å²) in [5.74, 6) is 0. The summed E-state index contributed by atoms with van der Waals surface area (Å²) in [5.41, 5.74) is 1.55. The highest BCUT2D eigenvalue weighted by Gasteiger charge is 2.39. The fourth-order valence-corrected chi connectivity index (χ4v) is 5.95. The monoisotopic (exact) mass is 508 g/mol. The van der Waals surface area contributed by atoms with Gasteiger partial charge in [0.05, 0.1) is 16.3 Å². The average Bonchev–Trinajstić information content (AvgIpc) is 2.57. The molecule has 0 amide bonds. The van der Waals surface area contributed by atoms with Crippen LogP contribution >= 0.6 is 0 Å². The van der Waals surface area contributed by atoms with E-state index in [2.05, 4.69) is 15.5 Å². The Hall–Kier alpha value is -1.96. The van der Waals surface area contributed by atoms with Crippen molar-refractivity contribution in [3.63, 3.8) is 0 Å². The Morgan fingerprint density at radius 3 is 2.09 bits per heavy atom. The molecule has 4 N–H and O–H groups in total. The van der Waals surface area contributed by atoms with Gasteiger partial charge in [-0.05, 0) is 58.7 Å². The largest absolute Gasteiger partial charge is 0.326 e. The van der Waals surface area contributed by atoms with Gasteiger partial charge in [0.25, 0.3) is 0 Å². The molecule has 2 rings (SSSR count). The number of thiol groups is 1. The van der Waals surface area contributed by atoms with E-state index in [1.165, 1.54) is 19.2 Å². The fourth-order valence-electron chi connectivity index (χ4n) is 3.98. The van der Waals surface area contributed by atoms with Gasteiger partial charge in [0.15, 0.2) is 0 Å². The van der Waals surface area contributed by atoms with Crippen molar-refractivity contribution in [1.29, 1.82) is 5.26 Å². The summed E-state index contributed by atoms with van der Waals surface area (Å²) in [6, 6.07) is 2.98. The molecule has 180 valence electrons. The Morgan fingerprint density at radius 2 is 1.59 bits per heavy atom. The summed E-state index contributed by atoms with van der Waals surface area (Å²) in [5, 5.41) is 13.3. The van der Waals surface area contributed by atoms with E-state index in [0.717, 1.165) is 11.5 Å². The number of sulfonamides is 2. The van der Waals surface area contributed by atoms with Gasteiger partial charge < -0.3 is 10.7 Å². The number of hydrazine groups is 1. The third-order valence-electron chi connectivity index (χ3n) is 4.64. The van der Waals surface area contributed by atoms with Gasteiger partial charge in [0.1, 0.15) is 0 Å². The van der Waals surface area contributed by atoms with Crippen LogP contribution < -0.4 is 20.2 Å². The van der Waals surface area contributed by atoms with E-state index in [-0.39, 0.29) is 27.3 Å². The molecule has 0 aliphatic carbocycles. The third-order valence-corrected chi connectivity index (χ3v) is 7.47. The number of rotatable bonds is 8. The number of nitrogens with zero attached hydrogens (tertiary/aromatic N) is 2. The zero-order valence-electron chi connectivity index (χ0n) is 18.3. The van der Waals surface area contributed by atoms with Gasteiger partial charge in [-0.3, -0.25) is 4.72 Å². The second kappa shape index (κ2) is 9.12. The molecular weight excluding hydrogens is 480 g/mol. The average molecular weight is 509 g/mol. The molecule has 0 radical (unpaired) electrons. The number of hydrogen-bond acceptors (Lipinski definition) is 9. The minimum atomic E-state index is -4.38. The molecule has 32 heavy (non-hydrogen) atoms. The van der Waals surface area contributed by atoms with E-state index in [9.17, 15) is 25.3 Å². The van der Waals surface area contributed by atoms with Crippen molar-refractivity contribution in [3.05, 3.63) is 18.2 Å². The first kappa shape index (κ1) is 26.3. The molecule has 1 fully saturated rings. The number of nitrogens with one attached hydrogen (secondary N) is 4. The Balaban J connectivity index is 2.45. The second-order valence-electron chi connectivity index (χ2n) is 8.94. The van der Waals surface area contributed by atoms with Crippen LogP contribution in [0.3, 0.4) is 0 Å². The van der Waals surface area contributed by atoms with E-state index >= 15 is 0 Å². The molecule has 1 aromatic rings. The number of piperidine rings is 1. The van der Waals surface area contributed by atoms with Crippen LogP contribution in [0, 0.1) is 10.7 Å². The molecule has 1 aliphatic heterocycles. The molecule has 0 bridgehead atoms. The topological polar surface area (TPSA) is 178 Å². The number of benzene rings is 1. The number of thiocyanates is 1. The van der Waals surface area contributed by atoms with Gasteiger partial charge in [0, 0.05) is 24.2 Å². The smallest absolute Gasteiger partial charge is 0.307 e. The standard InChI is InChI=1S/C17H28N6O6S3/c1-16(2)9-14(10-17(3,4)22-16)21-32(28,29)15-7-12(19-23(5)30(24)25)6-13(8-15)20-31(26,27)11-18/h6-8,14,19-22,30H,9-10H2,1-5H3. The van der Waals surface area contributed by atoms with Crippen molar-refractivity contribution in [3.8, 4) is 5.40 Å². The van der Waals surface area contributed by atoms with Gasteiger partial charge in [-0.2, -0.15) is 13.7 Å². The fraction of sp³-hybridized carbons (Fsp3) is 0.588. The Kier molecular flexibility index (Phi) is 7.49. The lowest BCUT2D eigenvalue weighted by Crippen LogP contribution is -2.62. The van der Waals surface area contributed by atoms with E-state index in [4.69, 9.17) is 5.26 Å². The minimum absolute atomic E-state index is 0.0174. The highest BCUT2D eigenvalue weighted by atomic mass is 32.2. The van der Waals surface area contributed by atoms with Crippen molar-refractivity contribution in [2.24, 2.45) is 0 Å². The minimum Gasteiger partial charge on any atom is -0.307 e. The molecule has 0 saturated carbocycles. The summed E-state index contributed by atoms with van der Waals surface area (Å²) in [4.78, 5) is -0.304. The van der Waals surface area contributed by atoms with Crippen LogP contribution in [0.15, 0.2) is 23.1 Å². The zero-order valence-corrected chi connectivity index (χ0v) is 20.9. The maximum atomic E-state index is 13.1. The van der Waals surface area contributed by atoms with Crippen LogP contribution in [0.4, 0.5) is 11.4 Å². The highest BCUT2D eigenvalue weighted by Crippen LogP contribution is 2.30. The summed E-state index contributed by atoms with van der Waals surface area (Å²) < 4.78 is 77.2. The molecule has 0 unspecified atom stereocenters. The summed E-state index contributed by atoms with van der Waals surface area (Å²) in [7, 11) is -10.4. The molecule has 1 aromatic carbocycles. The van der Waals surface area contributed by atoms with Crippen LogP contribution in [-0.4, -0.2) is 53.8 Å². The van der Waals surface area contributed by atoms with Gasteiger partial charge in [0.2, 0.25) is 26.3 Å². The molecule has 15 heteroatoms. The van der Waals surface area contributed by atoms with Gasteiger partial charge in [-0.15, -0.1) is 4.41 Å². The van der Waals surface area contributed by atoms with Crippen LogP contribution in [0.1, 0.15) is 40.5 Å². The molecule has 12 nitrogen and oxygen atoms in total. The molecule has 0 spiro atoms. The summed E-state index contributed by atoms with van der Waals surface area (Å²) in [6.45, 7) is 7.87. The number of anilines is 2. The van der Waals surface area contributed by atoms with Gasteiger partial charge in [-0.25, -0.2) is 21.6 Å².